The summed E-state index contributed by atoms with van der Waals surface area (Å²) in [4.78, 5) is 13.7. The summed E-state index contributed by atoms with van der Waals surface area (Å²) in [5.41, 5.74) is 1.77. The zero-order valence-electron chi connectivity index (χ0n) is 11.3. The Morgan fingerprint density at radius 2 is 1.75 bits per heavy atom. The molecule has 0 unspecified atom stereocenters. The van der Waals surface area contributed by atoms with Gasteiger partial charge in [-0.15, -0.1) is 11.6 Å². The third-order valence-electron chi connectivity index (χ3n) is 3.00. The van der Waals surface area contributed by atoms with Gasteiger partial charge in [-0.05, 0) is 18.2 Å². The Hall–Kier alpha value is -2.00. The number of hydrogen-bond donors (Lipinski definition) is 0. The number of amides is 1. The molecule has 0 aliphatic carbocycles. The van der Waals surface area contributed by atoms with Crippen molar-refractivity contribution in [2.24, 2.45) is 0 Å². The fourth-order valence-corrected chi connectivity index (χ4v) is 2.15. The van der Waals surface area contributed by atoms with Crippen molar-refractivity contribution < 1.29 is 9.53 Å². The average Bonchev–Trinajstić information content (AvgIpc) is 2.53. The molecular formula is C16H16ClNO2. The minimum absolute atomic E-state index is 0.0515. The predicted molar refractivity (Wildman–Crippen MR) is 81.3 cm³/mol. The molecule has 1 amide bonds. The van der Waals surface area contributed by atoms with Crippen LogP contribution in [-0.4, -0.2) is 18.9 Å². The molecule has 0 fully saturated rings. The predicted octanol–water partition coefficient (Wildman–Crippen LogP) is 3.47. The van der Waals surface area contributed by atoms with Crippen molar-refractivity contribution in [3.63, 3.8) is 0 Å². The number of methoxy groups -OCH3 is 1. The minimum Gasteiger partial charge on any atom is -0.496 e. The monoisotopic (exact) mass is 289 g/mol. The summed E-state index contributed by atoms with van der Waals surface area (Å²) in [5.74, 6) is 0.573. The van der Waals surface area contributed by atoms with E-state index >= 15 is 0 Å². The number of rotatable bonds is 5. The van der Waals surface area contributed by atoms with Gasteiger partial charge in [0.25, 0.3) is 0 Å². The largest absolute Gasteiger partial charge is 0.496 e. The van der Waals surface area contributed by atoms with Crippen molar-refractivity contribution in [1.29, 1.82) is 0 Å². The number of benzene rings is 2. The smallest absolute Gasteiger partial charge is 0.242 e. The van der Waals surface area contributed by atoms with Gasteiger partial charge >= 0.3 is 0 Å². The molecule has 4 heteroatoms. The third-order valence-corrected chi connectivity index (χ3v) is 3.23. The highest BCUT2D eigenvalue weighted by Gasteiger charge is 2.16. The van der Waals surface area contributed by atoms with Crippen LogP contribution in [0.5, 0.6) is 5.75 Å². The fourth-order valence-electron chi connectivity index (χ4n) is 2.01. The van der Waals surface area contributed by atoms with Crippen molar-refractivity contribution in [2.45, 2.75) is 6.54 Å². The van der Waals surface area contributed by atoms with E-state index in [1.807, 2.05) is 54.6 Å². The second-order valence-corrected chi connectivity index (χ2v) is 4.53. The van der Waals surface area contributed by atoms with Gasteiger partial charge < -0.3 is 9.64 Å². The lowest BCUT2D eigenvalue weighted by molar-refractivity contribution is -0.116. The van der Waals surface area contributed by atoms with Gasteiger partial charge in [0.15, 0.2) is 0 Å². The van der Waals surface area contributed by atoms with Crippen LogP contribution < -0.4 is 9.64 Å². The summed E-state index contributed by atoms with van der Waals surface area (Å²) in [6.07, 6.45) is 0. The summed E-state index contributed by atoms with van der Waals surface area (Å²) in [6.45, 7) is 0.430. The molecule has 0 spiro atoms. The van der Waals surface area contributed by atoms with Crippen LogP contribution in [0.3, 0.4) is 0 Å². The van der Waals surface area contributed by atoms with Gasteiger partial charge in [0.1, 0.15) is 11.6 Å². The lowest BCUT2D eigenvalue weighted by atomic mass is 10.1. The van der Waals surface area contributed by atoms with Gasteiger partial charge in [-0.25, -0.2) is 0 Å². The first-order chi connectivity index (χ1) is 9.76. The molecule has 0 aliphatic rings. The maximum absolute atomic E-state index is 12.1. The average molecular weight is 290 g/mol. The first-order valence-corrected chi connectivity index (χ1v) is 6.83. The normalized spacial score (nSPS) is 10.1. The van der Waals surface area contributed by atoms with Crippen LogP contribution in [0.15, 0.2) is 54.6 Å². The molecule has 20 heavy (non-hydrogen) atoms. The molecule has 0 saturated carbocycles. The summed E-state index contributed by atoms with van der Waals surface area (Å²) < 4.78 is 5.32. The molecule has 0 bridgehead atoms. The summed E-state index contributed by atoms with van der Waals surface area (Å²) in [7, 11) is 1.62. The van der Waals surface area contributed by atoms with E-state index in [1.165, 1.54) is 0 Å². The van der Waals surface area contributed by atoms with E-state index in [1.54, 1.807) is 12.0 Å². The Morgan fingerprint density at radius 1 is 1.10 bits per heavy atom. The van der Waals surface area contributed by atoms with Crippen molar-refractivity contribution in [1.82, 2.24) is 0 Å². The highest BCUT2D eigenvalue weighted by molar-refractivity contribution is 6.29. The van der Waals surface area contributed by atoms with E-state index in [-0.39, 0.29) is 11.8 Å². The van der Waals surface area contributed by atoms with Gasteiger partial charge in [0, 0.05) is 11.3 Å². The Bertz CT molecular complexity index is 572. The van der Waals surface area contributed by atoms with E-state index in [9.17, 15) is 4.79 Å². The topological polar surface area (TPSA) is 29.5 Å². The Labute approximate surface area is 123 Å². The second kappa shape index (κ2) is 6.96. The number of anilines is 1. The third kappa shape index (κ3) is 3.31. The molecule has 104 valence electrons. The number of hydrogen-bond acceptors (Lipinski definition) is 2. The van der Waals surface area contributed by atoms with Crippen LogP contribution in [0.25, 0.3) is 0 Å². The fraction of sp³-hybridized carbons (Fsp3) is 0.188. The quantitative estimate of drug-likeness (QED) is 0.789. The second-order valence-electron chi connectivity index (χ2n) is 4.26. The lowest BCUT2D eigenvalue weighted by Crippen LogP contribution is -2.31. The van der Waals surface area contributed by atoms with Gasteiger partial charge in [0.2, 0.25) is 5.91 Å². The van der Waals surface area contributed by atoms with E-state index in [0.29, 0.717) is 6.54 Å². The molecule has 2 aromatic rings. The summed E-state index contributed by atoms with van der Waals surface area (Å²) in [5, 5.41) is 0. The maximum Gasteiger partial charge on any atom is 0.242 e. The Balaban J connectivity index is 2.31. The maximum atomic E-state index is 12.1. The zero-order valence-corrected chi connectivity index (χ0v) is 12.0. The molecule has 0 radical (unpaired) electrons. The molecule has 0 aliphatic heterocycles. The molecule has 0 aromatic heterocycles. The van der Waals surface area contributed by atoms with Crippen LogP contribution >= 0.6 is 11.6 Å². The van der Waals surface area contributed by atoms with Crippen molar-refractivity contribution in [3.05, 3.63) is 60.2 Å². The molecule has 2 rings (SSSR count). The number of alkyl halides is 1. The first kappa shape index (κ1) is 14.4. The number of carbonyl (C=O) groups excluding carboxylic acids is 1. The Kier molecular flexibility index (Phi) is 5.02. The highest BCUT2D eigenvalue weighted by atomic mass is 35.5. The highest BCUT2D eigenvalue weighted by Crippen LogP contribution is 2.23. The molecular weight excluding hydrogens is 274 g/mol. The molecule has 0 heterocycles. The van der Waals surface area contributed by atoms with E-state index in [0.717, 1.165) is 17.0 Å². The van der Waals surface area contributed by atoms with Crippen molar-refractivity contribution in [2.75, 3.05) is 17.9 Å². The summed E-state index contributed by atoms with van der Waals surface area (Å²) in [6, 6.07) is 17.1. The van der Waals surface area contributed by atoms with Gasteiger partial charge in [-0.3, -0.25) is 4.79 Å². The first-order valence-electron chi connectivity index (χ1n) is 6.29. The van der Waals surface area contributed by atoms with Crippen LogP contribution in [-0.2, 0) is 11.3 Å². The molecule has 0 N–H and O–H groups in total. The van der Waals surface area contributed by atoms with Crippen LogP contribution in [0.1, 0.15) is 5.56 Å². The molecule has 3 nitrogen and oxygen atoms in total. The SMILES string of the molecule is COc1ccccc1CN(C(=O)CCl)c1ccccc1. The van der Waals surface area contributed by atoms with E-state index in [2.05, 4.69) is 0 Å². The van der Waals surface area contributed by atoms with Gasteiger partial charge in [-0.2, -0.15) is 0 Å². The number of halogens is 1. The van der Waals surface area contributed by atoms with Crippen molar-refractivity contribution in [3.8, 4) is 5.75 Å². The Morgan fingerprint density at radius 3 is 2.40 bits per heavy atom. The van der Waals surface area contributed by atoms with E-state index < -0.39 is 0 Å². The number of para-hydroxylation sites is 2. The molecule has 2 aromatic carbocycles. The lowest BCUT2D eigenvalue weighted by Gasteiger charge is -2.23. The number of nitrogens with zero attached hydrogens (tertiary/aromatic N) is 1. The van der Waals surface area contributed by atoms with Crippen LogP contribution in [0, 0.1) is 0 Å². The zero-order chi connectivity index (χ0) is 14.4. The summed E-state index contributed by atoms with van der Waals surface area (Å²) >= 11 is 5.71. The van der Waals surface area contributed by atoms with E-state index in [4.69, 9.17) is 16.3 Å². The molecule has 0 atom stereocenters. The number of ether oxygens (including phenoxy) is 1. The van der Waals surface area contributed by atoms with Gasteiger partial charge in [-0.1, -0.05) is 36.4 Å². The van der Waals surface area contributed by atoms with Crippen molar-refractivity contribution >= 4 is 23.2 Å². The van der Waals surface area contributed by atoms with Crippen LogP contribution in [0.4, 0.5) is 5.69 Å². The standard InChI is InChI=1S/C16H16ClNO2/c1-20-15-10-6-5-7-13(15)12-18(16(19)11-17)14-8-3-2-4-9-14/h2-10H,11-12H2,1H3. The van der Waals surface area contributed by atoms with Crippen LogP contribution in [0.2, 0.25) is 0 Å². The molecule has 0 saturated heterocycles. The number of carbonyl (C=O) groups is 1. The minimum atomic E-state index is -0.135. The van der Waals surface area contributed by atoms with Gasteiger partial charge in [0.05, 0.1) is 13.7 Å².